The standard InChI is InChI=1S/C34H30NO2P/c36-34(37-27-29-18-8-2-9-19-29)35-33(26-28-16-6-1-7-17-28)38(30-20-10-3-11-21-30,31-22-12-4-13-23-31)32-24-14-5-15-25-32/h1-25,33H,26-27H2/p+1. The maximum absolute atomic E-state index is 13.4. The van der Waals surface area contributed by atoms with Gasteiger partial charge in [0, 0.05) is 6.42 Å². The zero-order chi connectivity index (χ0) is 26.0. The van der Waals surface area contributed by atoms with Crippen LogP contribution in [0.15, 0.2) is 152 Å². The number of ether oxygens (including phenoxy) is 1. The SMILES string of the molecule is O=C(NC(Cc1ccccc1)[P+](c1ccccc1)(c1ccccc1)c1ccccc1)OCc1ccccc1. The number of hydrogen-bond acceptors (Lipinski definition) is 2. The first-order valence-electron chi connectivity index (χ1n) is 12.8. The fraction of sp³-hybridized carbons (Fsp3) is 0.0882. The summed E-state index contributed by atoms with van der Waals surface area (Å²) in [6.07, 6.45) is 0.246. The summed E-state index contributed by atoms with van der Waals surface area (Å²) in [5.74, 6) is -0.236. The molecule has 38 heavy (non-hydrogen) atoms. The highest BCUT2D eigenvalue weighted by atomic mass is 31.2. The van der Waals surface area contributed by atoms with Gasteiger partial charge in [0.1, 0.15) is 29.8 Å². The lowest BCUT2D eigenvalue weighted by molar-refractivity contribution is 0.138. The Bertz CT molecular complexity index is 1320. The van der Waals surface area contributed by atoms with Crippen molar-refractivity contribution >= 4 is 29.3 Å². The first-order valence-corrected chi connectivity index (χ1v) is 14.7. The molecule has 0 aliphatic rings. The maximum atomic E-state index is 13.4. The molecule has 0 aliphatic carbocycles. The molecule has 0 aliphatic heterocycles. The molecule has 0 spiro atoms. The Kier molecular flexibility index (Phi) is 8.28. The Hall–Kier alpha value is -4.20. The summed E-state index contributed by atoms with van der Waals surface area (Å²) >= 11 is 0. The molecule has 5 aromatic carbocycles. The van der Waals surface area contributed by atoms with E-state index in [1.807, 2.05) is 66.7 Å². The molecule has 1 N–H and O–H groups in total. The fourth-order valence-electron chi connectivity index (χ4n) is 5.00. The topological polar surface area (TPSA) is 38.3 Å². The molecule has 4 heteroatoms. The van der Waals surface area contributed by atoms with Crippen molar-refractivity contribution in [1.29, 1.82) is 0 Å². The van der Waals surface area contributed by atoms with Gasteiger partial charge in [0.25, 0.3) is 0 Å². The van der Waals surface area contributed by atoms with Crippen molar-refractivity contribution in [3.63, 3.8) is 0 Å². The molecule has 0 aromatic heterocycles. The monoisotopic (exact) mass is 516 g/mol. The summed E-state index contributed by atoms with van der Waals surface area (Å²) in [5.41, 5.74) is 2.12. The van der Waals surface area contributed by atoms with E-state index in [4.69, 9.17) is 4.74 Å². The largest absolute Gasteiger partial charge is 0.445 e. The van der Waals surface area contributed by atoms with Crippen LogP contribution >= 0.6 is 7.26 Å². The van der Waals surface area contributed by atoms with Crippen molar-refractivity contribution in [2.75, 3.05) is 0 Å². The summed E-state index contributed by atoms with van der Waals surface area (Å²) in [4.78, 5) is 13.4. The van der Waals surface area contributed by atoms with Crippen molar-refractivity contribution in [3.8, 4) is 0 Å². The van der Waals surface area contributed by atoms with E-state index in [9.17, 15) is 4.79 Å². The Morgan fingerprint density at radius 1 is 0.553 bits per heavy atom. The lowest BCUT2D eigenvalue weighted by atomic mass is 10.1. The van der Waals surface area contributed by atoms with Gasteiger partial charge in [0.2, 0.25) is 0 Å². The number of benzene rings is 5. The molecule has 0 heterocycles. The van der Waals surface area contributed by atoms with Crippen LogP contribution in [0.3, 0.4) is 0 Å². The number of carbonyl (C=O) groups excluding carboxylic acids is 1. The number of rotatable bonds is 9. The van der Waals surface area contributed by atoms with E-state index in [0.29, 0.717) is 6.42 Å². The van der Waals surface area contributed by atoms with Gasteiger partial charge in [0.15, 0.2) is 5.78 Å². The van der Waals surface area contributed by atoms with Gasteiger partial charge < -0.3 is 4.74 Å². The highest BCUT2D eigenvalue weighted by Crippen LogP contribution is 2.59. The van der Waals surface area contributed by atoms with Gasteiger partial charge >= 0.3 is 6.09 Å². The molecule has 5 rings (SSSR count). The molecule has 0 fully saturated rings. The van der Waals surface area contributed by atoms with Crippen molar-refractivity contribution in [2.24, 2.45) is 0 Å². The van der Waals surface area contributed by atoms with Crippen molar-refractivity contribution in [1.82, 2.24) is 5.32 Å². The van der Waals surface area contributed by atoms with E-state index in [1.165, 1.54) is 15.9 Å². The van der Waals surface area contributed by atoms with Crippen LogP contribution in [0.2, 0.25) is 0 Å². The van der Waals surface area contributed by atoms with Crippen LogP contribution < -0.4 is 21.2 Å². The van der Waals surface area contributed by atoms with Crippen LogP contribution in [0.4, 0.5) is 4.79 Å². The molecule has 0 saturated carbocycles. The van der Waals surface area contributed by atoms with Crippen LogP contribution in [0.5, 0.6) is 0 Å². The molecule has 0 bridgehead atoms. The third-order valence-electron chi connectivity index (χ3n) is 6.73. The lowest BCUT2D eigenvalue weighted by Gasteiger charge is -2.35. The predicted molar refractivity (Wildman–Crippen MR) is 159 cm³/mol. The minimum atomic E-state index is -2.39. The average Bonchev–Trinajstić information content (AvgIpc) is 2.99. The fourth-order valence-corrected chi connectivity index (χ4v) is 9.68. The zero-order valence-corrected chi connectivity index (χ0v) is 22.1. The highest BCUT2D eigenvalue weighted by Gasteiger charge is 2.53. The molecule has 0 radical (unpaired) electrons. The molecule has 5 aromatic rings. The zero-order valence-electron chi connectivity index (χ0n) is 21.2. The lowest BCUT2D eigenvalue weighted by Crippen LogP contribution is -2.48. The average molecular weight is 517 g/mol. The van der Waals surface area contributed by atoms with E-state index in [0.717, 1.165) is 11.1 Å². The van der Waals surface area contributed by atoms with Crippen molar-refractivity contribution in [3.05, 3.63) is 163 Å². The number of amides is 1. The second kappa shape index (κ2) is 12.4. The molecule has 0 saturated heterocycles. The van der Waals surface area contributed by atoms with Crippen molar-refractivity contribution < 1.29 is 9.53 Å². The first kappa shape index (κ1) is 25.4. The highest BCUT2D eigenvalue weighted by molar-refractivity contribution is 7.96. The molecule has 3 nitrogen and oxygen atoms in total. The molecule has 1 amide bonds. The van der Waals surface area contributed by atoms with E-state index in [1.54, 1.807) is 0 Å². The second-order valence-electron chi connectivity index (χ2n) is 9.14. The van der Waals surface area contributed by atoms with E-state index in [2.05, 4.69) is 90.2 Å². The quantitative estimate of drug-likeness (QED) is 0.228. The third kappa shape index (κ3) is 5.69. The van der Waals surface area contributed by atoms with Gasteiger partial charge in [-0.05, 0) is 47.5 Å². The van der Waals surface area contributed by atoms with Crippen LogP contribution in [-0.2, 0) is 17.8 Å². The second-order valence-corrected chi connectivity index (χ2v) is 12.8. The van der Waals surface area contributed by atoms with Gasteiger partial charge in [-0.25, -0.2) is 4.79 Å². The van der Waals surface area contributed by atoms with Gasteiger partial charge in [-0.3, -0.25) is 5.32 Å². The van der Waals surface area contributed by atoms with Crippen LogP contribution in [0, 0.1) is 0 Å². The summed E-state index contributed by atoms with van der Waals surface area (Å²) in [7, 11) is -2.39. The van der Waals surface area contributed by atoms with E-state index < -0.39 is 13.4 Å². The summed E-state index contributed by atoms with van der Waals surface area (Å²) in [6.45, 7) is 0.220. The van der Waals surface area contributed by atoms with Gasteiger partial charge in [-0.2, -0.15) is 0 Å². The summed E-state index contributed by atoms with van der Waals surface area (Å²) < 4.78 is 5.77. The van der Waals surface area contributed by atoms with Crippen LogP contribution in [0.25, 0.3) is 0 Å². The molecule has 188 valence electrons. The Morgan fingerprint density at radius 3 is 1.34 bits per heavy atom. The van der Waals surface area contributed by atoms with E-state index in [-0.39, 0.29) is 12.4 Å². The van der Waals surface area contributed by atoms with Crippen LogP contribution in [-0.4, -0.2) is 11.9 Å². The van der Waals surface area contributed by atoms with Gasteiger partial charge in [-0.1, -0.05) is 115 Å². The summed E-state index contributed by atoms with van der Waals surface area (Å²) in [6, 6.07) is 52.0. The third-order valence-corrected chi connectivity index (χ3v) is 11.3. The van der Waals surface area contributed by atoms with Gasteiger partial charge in [-0.15, -0.1) is 0 Å². The van der Waals surface area contributed by atoms with Crippen molar-refractivity contribution in [2.45, 2.75) is 18.8 Å². The number of alkyl carbamates (subject to hydrolysis) is 1. The number of nitrogens with one attached hydrogen (secondary N) is 1. The maximum Gasteiger partial charge on any atom is 0.410 e. The first-order chi connectivity index (χ1) is 18.8. The minimum Gasteiger partial charge on any atom is -0.445 e. The summed E-state index contributed by atoms with van der Waals surface area (Å²) in [5, 5.41) is 6.99. The minimum absolute atomic E-state index is 0.220. The molecular formula is C34H31NO2P+. The normalized spacial score (nSPS) is 11.9. The Balaban J connectivity index is 1.64. The van der Waals surface area contributed by atoms with Crippen LogP contribution in [0.1, 0.15) is 11.1 Å². The van der Waals surface area contributed by atoms with E-state index >= 15 is 0 Å². The Morgan fingerprint density at radius 2 is 0.921 bits per heavy atom. The van der Waals surface area contributed by atoms with Gasteiger partial charge in [0.05, 0.1) is 0 Å². The molecular weight excluding hydrogens is 485 g/mol. The molecule has 1 atom stereocenters. The number of hydrogen-bond donors (Lipinski definition) is 1. The number of carbonyl (C=O) groups is 1. The smallest absolute Gasteiger partial charge is 0.410 e. The predicted octanol–water partition coefficient (Wildman–Crippen LogP) is 6.48. The molecule has 1 unspecified atom stereocenters. The Labute approximate surface area is 225 Å².